The SMILES string of the molecule is OB1OCc2ccc(NSc3ccc4[nH]ncc4c3)cc21. The first kappa shape index (κ1) is 12.8. The van der Waals surface area contributed by atoms with E-state index >= 15 is 0 Å². The van der Waals surface area contributed by atoms with E-state index in [0.29, 0.717) is 6.61 Å². The highest BCUT2D eigenvalue weighted by Gasteiger charge is 2.27. The average molecular weight is 297 g/mol. The Morgan fingerprint density at radius 2 is 2.24 bits per heavy atom. The van der Waals surface area contributed by atoms with Crippen LogP contribution in [0.25, 0.3) is 10.9 Å². The van der Waals surface area contributed by atoms with Gasteiger partial charge in [-0.1, -0.05) is 6.07 Å². The van der Waals surface area contributed by atoms with Crippen LogP contribution in [-0.2, 0) is 11.3 Å². The van der Waals surface area contributed by atoms with Gasteiger partial charge in [-0.3, -0.25) is 5.10 Å². The summed E-state index contributed by atoms with van der Waals surface area (Å²) in [5.74, 6) is 0. The van der Waals surface area contributed by atoms with Crippen LogP contribution < -0.4 is 10.2 Å². The van der Waals surface area contributed by atoms with Gasteiger partial charge >= 0.3 is 7.12 Å². The monoisotopic (exact) mass is 297 g/mol. The van der Waals surface area contributed by atoms with Gasteiger partial charge in [0, 0.05) is 16.0 Å². The Morgan fingerprint density at radius 1 is 1.29 bits per heavy atom. The molecule has 3 aromatic rings. The second-order valence-corrected chi connectivity index (χ2v) is 5.78. The van der Waals surface area contributed by atoms with Gasteiger partial charge in [0.1, 0.15) is 0 Å². The van der Waals surface area contributed by atoms with E-state index in [0.717, 1.165) is 32.5 Å². The molecule has 0 amide bonds. The summed E-state index contributed by atoms with van der Waals surface area (Å²) < 4.78 is 8.48. The number of nitrogens with zero attached hydrogens (tertiary/aromatic N) is 1. The molecule has 1 aromatic heterocycles. The number of anilines is 1. The Labute approximate surface area is 126 Å². The fourth-order valence-electron chi connectivity index (χ4n) is 2.38. The Morgan fingerprint density at radius 3 is 3.19 bits per heavy atom. The molecule has 0 fully saturated rings. The molecule has 0 spiro atoms. The van der Waals surface area contributed by atoms with E-state index in [1.165, 1.54) is 11.9 Å². The van der Waals surface area contributed by atoms with E-state index in [-0.39, 0.29) is 0 Å². The van der Waals surface area contributed by atoms with E-state index in [9.17, 15) is 5.02 Å². The van der Waals surface area contributed by atoms with Crippen molar-refractivity contribution in [2.75, 3.05) is 4.72 Å². The number of rotatable bonds is 3. The molecule has 0 atom stereocenters. The van der Waals surface area contributed by atoms with Crippen LogP contribution in [-0.4, -0.2) is 22.3 Å². The van der Waals surface area contributed by atoms with Gasteiger partial charge in [0.2, 0.25) is 0 Å². The molecule has 5 nitrogen and oxygen atoms in total. The highest BCUT2D eigenvalue weighted by Crippen LogP contribution is 2.24. The van der Waals surface area contributed by atoms with E-state index in [4.69, 9.17) is 4.65 Å². The molecule has 0 aliphatic carbocycles. The molecule has 0 saturated heterocycles. The van der Waals surface area contributed by atoms with Crippen molar-refractivity contribution in [3.8, 4) is 0 Å². The van der Waals surface area contributed by atoms with Crippen molar-refractivity contribution in [1.29, 1.82) is 0 Å². The maximum atomic E-state index is 9.72. The number of aromatic nitrogens is 2. The highest BCUT2D eigenvalue weighted by molar-refractivity contribution is 8.00. The second kappa shape index (κ2) is 5.11. The van der Waals surface area contributed by atoms with Crippen LogP contribution in [0.4, 0.5) is 5.69 Å². The minimum Gasteiger partial charge on any atom is -0.423 e. The van der Waals surface area contributed by atoms with Crippen molar-refractivity contribution in [2.45, 2.75) is 11.5 Å². The molecule has 0 bridgehead atoms. The zero-order valence-corrected chi connectivity index (χ0v) is 11.9. The van der Waals surface area contributed by atoms with Crippen LogP contribution in [0.1, 0.15) is 5.56 Å². The number of benzene rings is 2. The number of hydrogen-bond acceptors (Lipinski definition) is 5. The fourth-order valence-corrected chi connectivity index (χ4v) is 3.07. The van der Waals surface area contributed by atoms with Crippen LogP contribution in [0.3, 0.4) is 0 Å². The smallest absolute Gasteiger partial charge is 0.423 e. The molecule has 4 rings (SSSR count). The zero-order chi connectivity index (χ0) is 14.2. The van der Waals surface area contributed by atoms with Crippen LogP contribution in [0, 0.1) is 0 Å². The summed E-state index contributed by atoms with van der Waals surface area (Å²) in [7, 11) is -0.811. The average Bonchev–Trinajstić information content (AvgIpc) is 3.11. The Balaban J connectivity index is 1.52. The van der Waals surface area contributed by atoms with E-state index in [1.807, 2.05) is 36.5 Å². The summed E-state index contributed by atoms with van der Waals surface area (Å²) in [6, 6.07) is 12.0. The summed E-state index contributed by atoms with van der Waals surface area (Å²) in [6.45, 7) is 0.473. The van der Waals surface area contributed by atoms with Crippen molar-refractivity contribution in [3.63, 3.8) is 0 Å². The van der Waals surface area contributed by atoms with Gasteiger partial charge in [-0.15, -0.1) is 0 Å². The molecule has 1 aliphatic rings. The Hall–Kier alpha value is -1.96. The quantitative estimate of drug-likeness (QED) is 0.509. The van der Waals surface area contributed by atoms with Crippen LogP contribution in [0.5, 0.6) is 0 Å². The standard InChI is InChI=1S/C14H12BN3O2S/c19-15-13-6-11(2-1-9(13)8-20-15)18-21-12-3-4-14-10(5-12)7-16-17-14/h1-7,18-19H,8H2,(H,16,17). The zero-order valence-electron chi connectivity index (χ0n) is 11.0. The van der Waals surface area contributed by atoms with Crippen LogP contribution in [0.15, 0.2) is 47.5 Å². The van der Waals surface area contributed by atoms with E-state index in [2.05, 4.69) is 21.0 Å². The number of fused-ring (bicyclic) bond motifs is 2. The van der Waals surface area contributed by atoms with Crippen molar-refractivity contribution >= 4 is 41.1 Å². The first-order chi connectivity index (χ1) is 10.3. The molecule has 0 unspecified atom stereocenters. The normalized spacial score (nSPS) is 13.7. The molecule has 0 saturated carbocycles. The lowest BCUT2D eigenvalue weighted by atomic mass is 9.79. The Kier molecular flexibility index (Phi) is 3.10. The molecule has 3 N–H and O–H groups in total. The number of aromatic amines is 1. The molecule has 2 heterocycles. The molecule has 2 aromatic carbocycles. The van der Waals surface area contributed by atoms with Gasteiger partial charge < -0.3 is 14.4 Å². The summed E-state index contributed by atoms with van der Waals surface area (Å²) in [5.41, 5.74) is 3.84. The maximum absolute atomic E-state index is 9.72. The van der Waals surface area contributed by atoms with Gasteiger partial charge in [-0.05, 0) is 53.3 Å². The topological polar surface area (TPSA) is 70.2 Å². The molecule has 21 heavy (non-hydrogen) atoms. The lowest BCUT2D eigenvalue weighted by Gasteiger charge is -2.07. The predicted octanol–water partition coefficient (Wildman–Crippen LogP) is 1.90. The summed E-state index contributed by atoms with van der Waals surface area (Å²) >= 11 is 1.52. The van der Waals surface area contributed by atoms with Gasteiger partial charge in [0.05, 0.1) is 18.3 Å². The first-order valence-electron chi connectivity index (χ1n) is 6.58. The number of nitrogens with one attached hydrogen (secondary N) is 2. The molecule has 1 aliphatic heterocycles. The summed E-state index contributed by atoms with van der Waals surface area (Å²) in [4.78, 5) is 1.10. The molecule has 104 valence electrons. The predicted molar refractivity (Wildman–Crippen MR) is 84.4 cm³/mol. The third-order valence-electron chi connectivity index (χ3n) is 3.51. The first-order valence-corrected chi connectivity index (χ1v) is 7.40. The lowest BCUT2D eigenvalue weighted by molar-refractivity contribution is 0.275. The number of hydrogen-bond donors (Lipinski definition) is 3. The largest absolute Gasteiger partial charge is 0.491 e. The molecular formula is C14H12BN3O2S. The minimum atomic E-state index is -0.811. The summed E-state index contributed by atoms with van der Waals surface area (Å²) in [5, 5.41) is 17.7. The molecule has 0 radical (unpaired) electrons. The van der Waals surface area contributed by atoms with Crippen molar-refractivity contribution < 1.29 is 9.68 Å². The van der Waals surface area contributed by atoms with Gasteiger partial charge in [-0.2, -0.15) is 5.10 Å². The van der Waals surface area contributed by atoms with Crippen LogP contribution >= 0.6 is 11.9 Å². The lowest BCUT2D eigenvalue weighted by Crippen LogP contribution is -2.28. The maximum Gasteiger partial charge on any atom is 0.491 e. The van der Waals surface area contributed by atoms with Crippen molar-refractivity contribution in [3.05, 3.63) is 48.2 Å². The second-order valence-electron chi connectivity index (χ2n) is 4.90. The van der Waals surface area contributed by atoms with Crippen molar-refractivity contribution in [2.24, 2.45) is 0 Å². The van der Waals surface area contributed by atoms with Crippen molar-refractivity contribution in [1.82, 2.24) is 10.2 Å². The Bertz CT molecular complexity index is 808. The molecule has 7 heteroatoms. The molecular weight excluding hydrogens is 285 g/mol. The summed E-state index contributed by atoms with van der Waals surface area (Å²) in [6.07, 6.45) is 1.81. The highest BCUT2D eigenvalue weighted by atomic mass is 32.2. The van der Waals surface area contributed by atoms with E-state index < -0.39 is 7.12 Å². The fraction of sp³-hybridized carbons (Fsp3) is 0.0714. The van der Waals surface area contributed by atoms with Gasteiger partial charge in [0.15, 0.2) is 0 Å². The van der Waals surface area contributed by atoms with E-state index in [1.54, 1.807) is 0 Å². The third kappa shape index (κ3) is 2.39. The minimum absolute atomic E-state index is 0.473. The van der Waals surface area contributed by atoms with Gasteiger partial charge in [-0.25, -0.2) is 0 Å². The van der Waals surface area contributed by atoms with Crippen LogP contribution in [0.2, 0.25) is 0 Å². The van der Waals surface area contributed by atoms with Gasteiger partial charge in [0.25, 0.3) is 0 Å². The third-order valence-corrected chi connectivity index (χ3v) is 4.33. The number of H-pyrrole nitrogens is 1.